The van der Waals surface area contributed by atoms with E-state index in [4.69, 9.17) is 14.7 Å². The van der Waals surface area contributed by atoms with Gasteiger partial charge in [0.1, 0.15) is 12.2 Å². The van der Waals surface area contributed by atoms with Gasteiger partial charge in [-0.15, -0.1) is 0 Å². The van der Waals surface area contributed by atoms with E-state index in [2.05, 4.69) is 9.88 Å². The van der Waals surface area contributed by atoms with Crippen LogP contribution in [0, 0.1) is 0 Å². The standard InChI is InChI=1S/C21H25N5O3/c1-2-29-19(28)12-18(27)26-11-7-17-16(14-26)21(25-9-3-4-10-25)24-20(23-17)15-6-5-8-22-13-15/h5-6,8,13H,2-4,7,9-12,14H2,1H3. The van der Waals surface area contributed by atoms with Crippen LogP contribution in [-0.2, 0) is 27.3 Å². The molecule has 0 aromatic carbocycles. The van der Waals surface area contributed by atoms with Crippen LogP contribution in [0.15, 0.2) is 24.5 Å². The second-order valence-corrected chi connectivity index (χ2v) is 7.28. The van der Waals surface area contributed by atoms with Gasteiger partial charge in [-0.25, -0.2) is 9.97 Å². The first-order valence-corrected chi connectivity index (χ1v) is 10.1. The highest BCUT2D eigenvalue weighted by Crippen LogP contribution is 2.31. The van der Waals surface area contributed by atoms with E-state index in [-0.39, 0.29) is 18.9 Å². The number of anilines is 1. The summed E-state index contributed by atoms with van der Waals surface area (Å²) in [6.07, 6.45) is 6.18. The van der Waals surface area contributed by atoms with Crippen molar-refractivity contribution in [2.24, 2.45) is 0 Å². The van der Waals surface area contributed by atoms with Crippen molar-refractivity contribution in [2.75, 3.05) is 31.1 Å². The molecular weight excluding hydrogens is 370 g/mol. The molecule has 8 nitrogen and oxygen atoms in total. The Hall–Kier alpha value is -3.03. The van der Waals surface area contributed by atoms with E-state index in [1.165, 1.54) is 0 Å². The largest absolute Gasteiger partial charge is 0.466 e. The third-order valence-electron chi connectivity index (χ3n) is 5.32. The van der Waals surface area contributed by atoms with E-state index in [1.807, 2.05) is 12.1 Å². The van der Waals surface area contributed by atoms with Crippen LogP contribution in [-0.4, -0.2) is 58.0 Å². The van der Waals surface area contributed by atoms with Gasteiger partial charge >= 0.3 is 5.97 Å². The van der Waals surface area contributed by atoms with E-state index in [1.54, 1.807) is 24.2 Å². The Labute approximate surface area is 169 Å². The maximum Gasteiger partial charge on any atom is 0.315 e. The molecule has 0 radical (unpaired) electrons. The van der Waals surface area contributed by atoms with E-state index in [0.29, 0.717) is 25.3 Å². The molecule has 29 heavy (non-hydrogen) atoms. The zero-order valence-electron chi connectivity index (χ0n) is 16.6. The normalized spacial score (nSPS) is 15.9. The van der Waals surface area contributed by atoms with Crippen LogP contribution in [0.1, 0.15) is 37.4 Å². The van der Waals surface area contributed by atoms with Crippen LogP contribution < -0.4 is 4.90 Å². The van der Waals surface area contributed by atoms with Gasteiger partial charge in [-0.2, -0.15) is 0 Å². The second-order valence-electron chi connectivity index (χ2n) is 7.28. The van der Waals surface area contributed by atoms with Crippen molar-refractivity contribution in [2.45, 2.75) is 39.2 Å². The first kappa shape index (κ1) is 19.3. The average molecular weight is 395 g/mol. The molecule has 152 valence electrons. The molecule has 0 saturated carbocycles. The van der Waals surface area contributed by atoms with Crippen molar-refractivity contribution in [1.82, 2.24) is 19.9 Å². The predicted molar refractivity (Wildman–Crippen MR) is 107 cm³/mol. The number of pyridine rings is 1. The molecule has 0 bridgehead atoms. The minimum Gasteiger partial charge on any atom is -0.466 e. The van der Waals surface area contributed by atoms with Crippen LogP contribution in [0.25, 0.3) is 11.4 Å². The van der Waals surface area contributed by atoms with Gasteiger partial charge in [-0.3, -0.25) is 14.6 Å². The van der Waals surface area contributed by atoms with Crippen LogP contribution >= 0.6 is 0 Å². The SMILES string of the molecule is CCOC(=O)CC(=O)N1CCc2nc(-c3cccnc3)nc(N3CCCC3)c2C1. The van der Waals surface area contributed by atoms with Crippen LogP contribution in [0.5, 0.6) is 0 Å². The third-order valence-corrected chi connectivity index (χ3v) is 5.32. The Morgan fingerprint density at radius 3 is 2.72 bits per heavy atom. The smallest absolute Gasteiger partial charge is 0.315 e. The quantitative estimate of drug-likeness (QED) is 0.565. The van der Waals surface area contributed by atoms with Gasteiger partial charge in [0, 0.05) is 49.6 Å². The van der Waals surface area contributed by atoms with E-state index >= 15 is 0 Å². The van der Waals surface area contributed by atoms with Crippen molar-refractivity contribution >= 4 is 17.7 Å². The highest BCUT2D eigenvalue weighted by atomic mass is 16.5. The minimum absolute atomic E-state index is 0.210. The maximum atomic E-state index is 12.6. The topological polar surface area (TPSA) is 88.5 Å². The molecule has 0 aliphatic carbocycles. The summed E-state index contributed by atoms with van der Waals surface area (Å²) in [5, 5.41) is 0. The molecule has 4 heterocycles. The maximum absolute atomic E-state index is 12.6. The van der Waals surface area contributed by atoms with Gasteiger partial charge in [0.25, 0.3) is 0 Å². The van der Waals surface area contributed by atoms with Crippen molar-refractivity contribution in [3.05, 3.63) is 35.8 Å². The Bertz CT molecular complexity index is 897. The molecule has 8 heteroatoms. The minimum atomic E-state index is -0.480. The molecule has 1 amide bonds. The number of nitrogens with zero attached hydrogens (tertiary/aromatic N) is 5. The summed E-state index contributed by atoms with van der Waals surface area (Å²) in [5.74, 6) is 0.883. The first-order chi connectivity index (χ1) is 14.2. The van der Waals surface area contributed by atoms with Crippen molar-refractivity contribution in [1.29, 1.82) is 0 Å². The first-order valence-electron chi connectivity index (χ1n) is 10.1. The number of amides is 1. The van der Waals surface area contributed by atoms with Gasteiger partial charge in [0.15, 0.2) is 5.82 Å². The van der Waals surface area contributed by atoms with Gasteiger partial charge in [-0.1, -0.05) is 0 Å². The lowest BCUT2D eigenvalue weighted by Crippen LogP contribution is -2.39. The highest BCUT2D eigenvalue weighted by Gasteiger charge is 2.29. The summed E-state index contributed by atoms with van der Waals surface area (Å²) >= 11 is 0. The van der Waals surface area contributed by atoms with E-state index < -0.39 is 5.97 Å². The number of carbonyl (C=O) groups is 2. The summed E-state index contributed by atoms with van der Waals surface area (Å²) in [6.45, 7) is 4.87. The molecule has 0 spiro atoms. The molecule has 0 N–H and O–H groups in total. The zero-order chi connectivity index (χ0) is 20.2. The Kier molecular flexibility index (Phi) is 5.69. The molecule has 1 fully saturated rings. The number of rotatable bonds is 5. The Morgan fingerprint density at radius 1 is 1.17 bits per heavy atom. The lowest BCUT2D eigenvalue weighted by molar-refractivity contribution is -0.148. The molecule has 1 saturated heterocycles. The highest BCUT2D eigenvalue weighted by molar-refractivity contribution is 5.94. The fraction of sp³-hybridized carbons (Fsp3) is 0.476. The summed E-state index contributed by atoms with van der Waals surface area (Å²) in [5.41, 5.74) is 2.85. The number of carbonyl (C=O) groups excluding carboxylic acids is 2. The van der Waals surface area contributed by atoms with E-state index in [9.17, 15) is 9.59 Å². The zero-order valence-corrected chi connectivity index (χ0v) is 16.6. The third kappa shape index (κ3) is 4.21. The number of ether oxygens (including phenoxy) is 1. The van der Waals surface area contributed by atoms with Crippen molar-refractivity contribution in [3.63, 3.8) is 0 Å². The molecule has 2 aliphatic heterocycles. The number of hydrogen-bond donors (Lipinski definition) is 0. The molecule has 4 rings (SSSR count). The summed E-state index contributed by atoms with van der Waals surface area (Å²) in [4.78, 5) is 42.1. The number of aromatic nitrogens is 3. The fourth-order valence-electron chi connectivity index (χ4n) is 3.87. The Morgan fingerprint density at radius 2 is 2.00 bits per heavy atom. The lowest BCUT2D eigenvalue weighted by atomic mass is 10.0. The second kappa shape index (κ2) is 8.55. The lowest BCUT2D eigenvalue weighted by Gasteiger charge is -2.31. The predicted octanol–water partition coefficient (Wildman–Crippen LogP) is 1.98. The summed E-state index contributed by atoms with van der Waals surface area (Å²) in [6, 6.07) is 3.84. The molecule has 2 aromatic rings. The number of hydrogen-bond acceptors (Lipinski definition) is 7. The van der Waals surface area contributed by atoms with Crippen LogP contribution in [0.4, 0.5) is 5.82 Å². The fourth-order valence-corrected chi connectivity index (χ4v) is 3.87. The van der Waals surface area contributed by atoms with Gasteiger partial charge in [0.2, 0.25) is 5.91 Å². The Balaban J connectivity index is 1.64. The summed E-state index contributed by atoms with van der Waals surface area (Å²) < 4.78 is 4.92. The molecule has 0 unspecified atom stereocenters. The molecule has 2 aliphatic rings. The van der Waals surface area contributed by atoms with Crippen molar-refractivity contribution < 1.29 is 14.3 Å². The van der Waals surface area contributed by atoms with Crippen LogP contribution in [0.3, 0.4) is 0 Å². The molecule has 0 atom stereocenters. The van der Waals surface area contributed by atoms with Gasteiger partial charge in [-0.05, 0) is 31.9 Å². The van der Waals surface area contributed by atoms with Crippen LogP contribution in [0.2, 0.25) is 0 Å². The number of fused-ring (bicyclic) bond motifs is 1. The molecule has 2 aromatic heterocycles. The van der Waals surface area contributed by atoms with Crippen molar-refractivity contribution in [3.8, 4) is 11.4 Å². The van der Waals surface area contributed by atoms with Gasteiger partial charge in [0.05, 0.1) is 18.8 Å². The summed E-state index contributed by atoms with van der Waals surface area (Å²) in [7, 11) is 0. The molecular formula is C21H25N5O3. The van der Waals surface area contributed by atoms with Gasteiger partial charge < -0.3 is 14.5 Å². The number of esters is 1. The monoisotopic (exact) mass is 395 g/mol. The van der Waals surface area contributed by atoms with E-state index in [0.717, 1.165) is 48.6 Å². The average Bonchev–Trinajstić information content (AvgIpc) is 3.28.